The molecule has 3 nitrogen and oxygen atoms in total. The van der Waals surface area contributed by atoms with Crippen molar-refractivity contribution in [3.05, 3.63) is 35.4 Å². The maximum absolute atomic E-state index is 10.4. The van der Waals surface area contributed by atoms with Crippen LogP contribution in [0, 0.1) is 0 Å². The lowest BCUT2D eigenvalue weighted by Gasteiger charge is -2.19. The second-order valence-electron chi connectivity index (χ2n) is 4.99. The van der Waals surface area contributed by atoms with Gasteiger partial charge in [0.2, 0.25) is 0 Å². The summed E-state index contributed by atoms with van der Waals surface area (Å²) in [5, 5.41) is 18.2. The Morgan fingerprint density at radius 2 is 1.75 bits per heavy atom. The van der Waals surface area contributed by atoms with Crippen molar-refractivity contribution in [3.8, 4) is 0 Å². The Kier molecular flexibility index (Phi) is 3.70. The predicted octanol–water partition coefficient (Wildman–Crippen LogP) is 2.49. The highest BCUT2D eigenvalue weighted by Gasteiger charge is 2.15. The fraction of sp³-hybridized carbons (Fsp3) is 0.462. The number of carboxylic acid groups (broad SMARTS) is 1. The number of carboxylic acids is 1. The fourth-order valence-electron chi connectivity index (χ4n) is 1.49. The van der Waals surface area contributed by atoms with Crippen LogP contribution in [-0.2, 0) is 10.2 Å². The molecule has 1 aromatic rings. The molecule has 1 aromatic carbocycles. The van der Waals surface area contributed by atoms with Crippen molar-refractivity contribution in [2.24, 2.45) is 0 Å². The Morgan fingerprint density at radius 1 is 1.25 bits per heavy atom. The van der Waals surface area contributed by atoms with Crippen LogP contribution < -0.4 is 0 Å². The van der Waals surface area contributed by atoms with E-state index in [2.05, 4.69) is 20.8 Å². The third-order valence-electron chi connectivity index (χ3n) is 2.53. The molecule has 88 valence electrons. The molecular formula is C13H18O3. The number of hydrogen-bond donors (Lipinski definition) is 2. The maximum Gasteiger partial charge on any atom is 0.306 e. The first-order chi connectivity index (χ1) is 7.30. The molecule has 0 saturated carbocycles. The molecule has 1 atom stereocenters. The summed E-state index contributed by atoms with van der Waals surface area (Å²) in [6.45, 7) is 6.32. The number of aliphatic carboxylic acids is 1. The maximum atomic E-state index is 10.4. The lowest BCUT2D eigenvalue weighted by molar-refractivity contribution is -0.139. The van der Waals surface area contributed by atoms with E-state index in [1.54, 1.807) is 12.1 Å². The Hall–Kier alpha value is -1.35. The second kappa shape index (κ2) is 4.66. The number of hydrogen-bond acceptors (Lipinski definition) is 2. The van der Waals surface area contributed by atoms with Crippen LogP contribution in [0.1, 0.15) is 44.4 Å². The topological polar surface area (TPSA) is 57.5 Å². The summed E-state index contributed by atoms with van der Waals surface area (Å²) in [4.78, 5) is 10.4. The van der Waals surface area contributed by atoms with Gasteiger partial charge in [0.15, 0.2) is 0 Å². The minimum absolute atomic E-state index is 0.0658. The van der Waals surface area contributed by atoms with Crippen molar-refractivity contribution >= 4 is 5.97 Å². The molecule has 0 aliphatic carbocycles. The van der Waals surface area contributed by atoms with Crippen molar-refractivity contribution in [1.29, 1.82) is 0 Å². The molecule has 0 spiro atoms. The van der Waals surface area contributed by atoms with Crippen molar-refractivity contribution in [2.75, 3.05) is 0 Å². The molecule has 0 saturated heterocycles. The molecule has 0 radical (unpaired) electrons. The van der Waals surface area contributed by atoms with Crippen LogP contribution in [0.3, 0.4) is 0 Å². The SMILES string of the molecule is CC(C)(C)c1ccc([C@@H](O)CC(=O)O)cc1. The van der Waals surface area contributed by atoms with E-state index in [4.69, 9.17) is 5.11 Å². The minimum Gasteiger partial charge on any atom is -0.481 e. The normalized spacial score (nSPS) is 13.5. The first-order valence-electron chi connectivity index (χ1n) is 5.31. The zero-order valence-electron chi connectivity index (χ0n) is 9.90. The van der Waals surface area contributed by atoms with E-state index in [9.17, 15) is 9.90 Å². The first-order valence-corrected chi connectivity index (χ1v) is 5.31. The number of rotatable bonds is 3. The van der Waals surface area contributed by atoms with Crippen molar-refractivity contribution < 1.29 is 15.0 Å². The van der Waals surface area contributed by atoms with E-state index >= 15 is 0 Å². The van der Waals surface area contributed by atoms with Crippen molar-refractivity contribution in [1.82, 2.24) is 0 Å². The third kappa shape index (κ3) is 3.35. The molecular weight excluding hydrogens is 204 g/mol. The van der Waals surface area contributed by atoms with E-state index in [1.807, 2.05) is 12.1 Å². The fourth-order valence-corrected chi connectivity index (χ4v) is 1.49. The van der Waals surface area contributed by atoms with Crippen LogP contribution in [0.2, 0.25) is 0 Å². The zero-order chi connectivity index (χ0) is 12.3. The van der Waals surface area contributed by atoms with E-state index in [0.29, 0.717) is 5.56 Å². The van der Waals surface area contributed by atoms with E-state index in [-0.39, 0.29) is 11.8 Å². The summed E-state index contributed by atoms with van der Waals surface area (Å²) in [5.74, 6) is -0.993. The molecule has 0 unspecified atom stereocenters. The quantitative estimate of drug-likeness (QED) is 0.826. The monoisotopic (exact) mass is 222 g/mol. The smallest absolute Gasteiger partial charge is 0.306 e. The van der Waals surface area contributed by atoms with Gasteiger partial charge >= 0.3 is 5.97 Å². The molecule has 0 aliphatic rings. The molecule has 16 heavy (non-hydrogen) atoms. The van der Waals surface area contributed by atoms with Gasteiger partial charge in [-0.2, -0.15) is 0 Å². The lowest BCUT2D eigenvalue weighted by atomic mass is 9.86. The molecule has 0 fully saturated rings. The van der Waals surface area contributed by atoms with Gasteiger partial charge in [0, 0.05) is 0 Å². The Bertz CT molecular complexity index is 360. The molecule has 3 heteroatoms. The standard InChI is InChI=1S/C13H18O3/c1-13(2,3)10-6-4-9(5-7-10)11(14)8-12(15)16/h4-7,11,14H,8H2,1-3H3,(H,15,16)/t11-/m0/s1. The number of aliphatic hydroxyl groups excluding tert-OH is 1. The first kappa shape index (κ1) is 12.7. The summed E-state index contributed by atoms with van der Waals surface area (Å²) in [5.41, 5.74) is 1.88. The Morgan fingerprint density at radius 3 is 2.12 bits per heavy atom. The summed E-state index contributed by atoms with van der Waals surface area (Å²) < 4.78 is 0. The molecule has 1 rings (SSSR count). The van der Waals surface area contributed by atoms with E-state index in [1.165, 1.54) is 5.56 Å². The second-order valence-corrected chi connectivity index (χ2v) is 4.99. The van der Waals surface area contributed by atoms with Gasteiger partial charge in [0.1, 0.15) is 0 Å². The van der Waals surface area contributed by atoms with Crippen LogP contribution >= 0.6 is 0 Å². The Labute approximate surface area is 95.7 Å². The largest absolute Gasteiger partial charge is 0.481 e. The highest BCUT2D eigenvalue weighted by Crippen LogP contribution is 2.24. The summed E-state index contributed by atoms with van der Waals surface area (Å²) in [7, 11) is 0. The number of benzene rings is 1. The minimum atomic E-state index is -0.993. The van der Waals surface area contributed by atoms with Crippen LogP contribution in [-0.4, -0.2) is 16.2 Å². The molecule has 2 N–H and O–H groups in total. The zero-order valence-corrected chi connectivity index (χ0v) is 9.90. The average Bonchev–Trinajstić information content (AvgIpc) is 2.15. The highest BCUT2D eigenvalue weighted by atomic mass is 16.4. The predicted molar refractivity (Wildman–Crippen MR) is 62.4 cm³/mol. The highest BCUT2D eigenvalue weighted by molar-refractivity contribution is 5.67. The molecule has 0 aliphatic heterocycles. The van der Waals surface area contributed by atoms with Crippen LogP contribution in [0.4, 0.5) is 0 Å². The summed E-state index contributed by atoms with van der Waals surface area (Å²) in [6.07, 6.45) is -1.18. The molecule has 0 aromatic heterocycles. The van der Waals surface area contributed by atoms with Crippen LogP contribution in [0.5, 0.6) is 0 Å². The summed E-state index contributed by atoms with van der Waals surface area (Å²) >= 11 is 0. The van der Waals surface area contributed by atoms with Gasteiger partial charge in [-0.1, -0.05) is 45.0 Å². The van der Waals surface area contributed by atoms with Crippen molar-refractivity contribution in [2.45, 2.75) is 38.7 Å². The molecule has 0 heterocycles. The van der Waals surface area contributed by atoms with Gasteiger partial charge in [-0.05, 0) is 16.5 Å². The van der Waals surface area contributed by atoms with Gasteiger partial charge < -0.3 is 10.2 Å². The molecule has 0 bridgehead atoms. The molecule has 0 amide bonds. The van der Waals surface area contributed by atoms with E-state index < -0.39 is 12.1 Å². The third-order valence-corrected chi connectivity index (χ3v) is 2.53. The van der Waals surface area contributed by atoms with Gasteiger partial charge in [0.05, 0.1) is 12.5 Å². The van der Waals surface area contributed by atoms with Gasteiger partial charge in [0.25, 0.3) is 0 Å². The average molecular weight is 222 g/mol. The lowest BCUT2D eigenvalue weighted by Crippen LogP contribution is -2.11. The van der Waals surface area contributed by atoms with Gasteiger partial charge in [-0.3, -0.25) is 4.79 Å². The summed E-state index contributed by atoms with van der Waals surface area (Å²) in [6, 6.07) is 7.43. The van der Waals surface area contributed by atoms with Crippen LogP contribution in [0.25, 0.3) is 0 Å². The van der Waals surface area contributed by atoms with Crippen LogP contribution in [0.15, 0.2) is 24.3 Å². The number of carbonyl (C=O) groups is 1. The van der Waals surface area contributed by atoms with Gasteiger partial charge in [-0.15, -0.1) is 0 Å². The van der Waals surface area contributed by atoms with Gasteiger partial charge in [-0.25, -0.2) is 0 Å². The number of aliphatic hydroxyl groups is 1. The van der Waals surface area contributed by atoms with E-state index in [0.717, 1.165) is 0 Å². The Balaban J connectivity index is 2.83. The van der Waals surface area contributed by atoms with Crippen molar-refractivity contribution in [3.63, 3.8) is 0 Å².